The first kappa shape index (κ1) is 13.8. The van der Waals surface area contributed by atoms with E-state index in [4.69, 9.17) is 0 Å². The van der Waals surface area contributed by atoms with E-state index in [0.717, 1.165) is 16.6 Å². The van der Waals surface area contributed by atoms with Crippen LogP contribution < -0.4 is 5.32 Å². The Morgan fingerprint density at radius 3 is 2.37 bits per heavy atom. The summed E-state index contributed by atoms with van der Waals surface area (Å²) in [7, 11) is 0. The number of halogens is 1. The Morgan fingerprint density at radius 2 is 1.74 bits per heavy atom. The van der Waals surface area contributed by atoms with Crippen molar-refractivity contribution in [3.8, 4) is 0 Å². The number of amides is 1. The molecular formula is C16H16BrNO. The first-order valence-corrected chi connectivity index (χ1v) is 7.05. The van der Waals surface area contributed by atoms with Crippen molar-refractivity contribution in [1.29, 1.82) is 0 Å². The highest BCUT2D eigenvalue weighted by molar-refractivity contribution is 9.10. The van der Waals surface area contributed by atoms with Crippen molar-refractivity contribution in [2.45, 2.75) is 13.3 Å². The Hall–Kier alpha value is -1.61. The van der Waals surface area contributed by atoms with Gasteiger partial charge in [-0.05, 0) is 36.2 Å². The maximum Gasteiger partial charge on any atom is 0.227 e. The van der Waals surface area contributed by atoms with Crippen LogP contribution in [0.3, 0.4) is 0 Å². The third kappa shape index (κ3) is 4.21. The smallest absolute Gasteiger partial charge is 0.227 e. The number of rotatable bonds is 4. The minimum Gasteiger partial charge on any atom is -0.326 e. The molecule has 3 heteroatoms. The zero-order valence-electron chi connectivity index (χ0n) is 10.8. The van der Waals surface area contributed by atoms with E-state index >= 15 is 0 Å². The second-order valence-electron chi connectivity index (χ2n) is 4.59. The van der Waals surface area contributed by atoms with Gasteiger partial charge < -0.3 is 5.32 Å². The average molecular weight is 318 g/mol. The van der Waals surface area contributed by atoms with Gasteiger partial charge in [-0.15, -0.1) is 0 Å². The van der Waals surface area contributed by atoms with Crippen LogP contribution in [0.15, 0.2) is 59.1 Å². The van der Waals surface area contributed by atoms with Crippen molar-refractivity contribution in [1.82, 2.24) is 0 Å². The van der Waals surface area contributed by atoms with Crippen LogP contribution in [0.25, 0.3) is 0 Å². The lowest BCUT2D eigenvalue weighted by Crippen LogP contribution is -2.22. The highest BCUT2D eigenvalue weighted by Crippen LogP contribution is 2.16. The number of anilines is 1. The quantitative estimate of drug-likeness (QED) is 0.896. The Morgan fingerprint density at radius 1 is 1.11 bits per heavy atom. The molecule has 0 aliphatic carbocycles. The van der Waals surface area contributed by atoms with E-state index in [0.29, 0.717) is 0 Å². The van der Waals surface area contributed by atoms with Gasteiger partial charge in [0.1, 0.15) is 0 Å². The summed E-state index contributed by atoms with van der Waals surface area (Å²) >= 11 is 3.37. The molecule has 2 nitrogen and oxygen atoms in total. The van der Waals surface area contributed by atoms with Crippen molar-refractivity contribution < 1.29 is 4.79 Å². The van der Waals surface area contributed by atoms with Gasteiger partial charge in [0.2, 0.25) is 5.91 Å². The molecule has 19 heavy (non-hydrogen) atoms. The average Bonchev–Trinajstić information content (AvgIpc) is 2.42. The first-order valence-electron chi connectivity index (χ1n) is 6.25. The second kappa shape index (κ2) is 6.53. The topological polar surface area (TPSA) is 29.1 Å². The molecule has 0 saturated heterocycles. The zero-order chi connectivity index (χ0) is 13.7. The number of carbonyl (C=O) groups is 1. The maximum atomic E-state index is 12.1. The number of benzene rings is 2. The molecule has 1 unspecified atom stereocenters. The number of hydrogen-bond donors (Lipinski definition) is 1. The van der Waals surface area contributed by atoms with Crippen molar-refractivity contribution in [2.75, 3.05) is 5.32 Å². The van der Waals surface area contributed by atoms with Gasteiger partial charge in [0.15, 0.2) is 0 Å². The van der Waals surface area contributed by atoms with E-state index in [-0.39, 0.29) is 11.8 Å². The van der Waals surface area contributed by atoms with Crippen LogP contribution in [0.4, 0.5) is 5.69 Å². The summed E-state index contributed by atoms with van der Waals surface area (Å²) in [5, 5.41) is 2.93. The lowest BCUT2D eigenvalue weighted by molar-refractivity contribution is -0.119. The minimum atomic E-state index is -0.0500. The predicted molar refractivity (Wildman–Crippen MR) is 82.1 cm³/mol. The monoisotopic (exact) mass is 317 g/mol. The van der Waals surface area contributed by atoms with Crippen LogP contribution in [0.2, 0.25) is 0 Å². The Bertz CT molecular complexity index is 536. The van der Waals surface area contributed by atoms with Gasteiger partial charge in [0.25, 0.3) is 0 Å². The fraction of sp³-hybridized carbons (Fsp3) is 0.188. The summed E-state index contributed by atoms with van der Waals surface area (Å²) in [6.07, 6.45) is 0.753. The molecule has 0 saturated carbocycles. The molecule has 98 valence electrons. The van der Waals surface area contributed by atoms with Gasteiger partial charge in [0.05, 0.1) is 0 Å². The van der Waals surface area contributed by atoms with Gasteiger partial charge in [-0.1, -0.05) is 53.2 Å². The van der Waals surface area contributed by atoms with Crippen molar-refractivity contribution in [3.63, 3.8) is 0 Å². The third-order valence-corrected chi connectivity index (χ3v) is 3.47. The molecule has 1 N–H and O–H groups in total. The van der Waals surface area contributed by atoms with E-state index in [1.165, 1.54) is 5.56 Å². The van der Waals surface area contributed by atoms with Crippen molar-refractivity contribution >= 4 is 27.5 Å². The van der Waals surface area contributed by atoms with Crippen LogP contribution in [0, 0.1) is 5.92 Å². The highest BCUT2D eigenvalue weighted by atomic mass is 79.9. The molecule has 1 amide bonds. The number of hydrogen-bond acceptors (Lipinski definition) is 1. The summed E-state index contributed by atoms with van der Waals surface area (Å²) in [5.74, 6) is -0.00257. The molecule has 0 aliphatic rings. The van der Waals surface area contributed by atoms with Gasteiger partial charge in [-0.3, -0.25) is 4.79 Å². The minimum absolute atomic E-state index is 0.0474. The Labute approximate surface area is 122 Å². The summed E-state index contributed by atoms with van der Waals surface area (Å²) in [4.78, 5) is 12.1. The fourth-order valence-electron chi connectivity index (χ4n) is 1.86. The molecule has 2 aromatic rings. The van der Waals surface area contributed by atoms with Crippen LogP contribution in [0.5, 0.6) is 0 Å². The molecule has 0 aromatic heterocycles. The Kier molecular flexibility index (Phi) is 4.74. The van der Waals surface area contributed by atoms with Crippen LogP contribution >= 0.6 is 15.9 Å². The van der Waals surface area contributed by atoms with Crippen LogP contribution in [-0.2, 0) is 11.2 Å². The molecule has 0 fully saturated rings. The van der Waals surface area contributed by atoms with Crippen molar-refractivity contribution in [3.05, 3.63) is 64.6 Å². The van der Waals surface area contributed by atoms with E-state index in [1.54, 1.807) is 0 Å². The van der Waals surface area contributed by atoms with Gasteiger partial charge in [-0.2, -0.15) is 0 Å². The van der Waals surface area contributed by atoms with Crippen molar-refractivity contribution in [2.24, 2.45) is 5.92 Å². The zero-order valence-corrected chi connectivity index (χ0v) is 12.4. The molecule has 0 aliphatic heterocycles. The maximum absolute atomic E-state index is 12.1. The molecule has 0 heterocycles. The molecule has 0 bridgehead atoms. The lowest BCUT2D eigenvalue weighted by Gasteiger charge is -2.12. The molecule has 0 radical (unpaired) electrons. The number of nitrogens with one attached hydrogen (secondary N) is 1. The molecule has 2 rings (SSSR count). The van der Waals surface area contributed by atoms with Gasteiger partial charge in [0, 0.05) is 16.1 Å². The molecule has 2 aromatic carbocycles. The Balaban J connectivity index is 1.94. The van der Waals surface area contributed by atoms with E-state index in [9.17, 15) is 4.79 Å². The molecular weight excluding hydrogens is 302 g/mol. The SMILES string of the molecule is CC(Cc1ccccc1)C(=O)Nc1ccc(Br)cc1. The van der Waals surface area contributed by atoms with Gasteiger partial charge in [-0.25, -0.2) is 0 Å². The van der Waals surface area contributed by atoms with E-state index in [2.05, 4.69) is 21.2 Å². The summed E-state index contributed by atoms with van der Waals surface area (Å²) in [6.45, 7) is 1.95. The number of carbonyl (C=O) groups excluding carboxylic acids is 1. The predicted octanol–water partition coefficient (Wildman–Crippen LogP) is 4.27. The lowest BCUT2D eigenvalue weighted by atomic mass is 10.0. The summed E-state index contributed by atoms with van der Waals surface area (Å²) < 4.78 is 1.00. The van der Waals surface area contributed by atoms with E-state index < -0.39 is 0 Å². The largest absolute Gasteiger partial charge is 0.326 e. The first-order chi connectivity index (χ1) is 9.15. The van der Waals surface area contributed by atoms with Crippen LogP contribution in [-0.4, -0.2) is 5.91 Å². The highest BCUT2D eigenvalue weighted by Gasteiger charge is 2.13. The molecule has 1 atom stereocenters. The fourth-order valence-corrected chi connectivity index (χ4v) is 2.12. The van der Waals surface area contributed by atoms with Crippen LogP contribution in [0.1, 0.15) is 12.5 Å². The molecule has 0 spiro atoms. The van der Waals surface area contributed by atoms with Gasteiger partial charge >= 0.3 is 0 Å². The summed E-state index contributed by atoms with van der Waals surface area (Å²) in [6, 6.07) is 17.7. The second-order valence-corrected chi connectivity index (χ2v) is 5.50. The summed E-state index contributed by atoms with van der Waals surface area (Å²) in [5.41, 5.74) is 2.01. The van der Waals surface area contributed by atoms with E-state index in [1.807, 2.05) is 61.5 Å². The third-order valence-electron chi connectivity index (χ3n) is 2.94. The standard InChI is InChI=1S/C16H16BrNO/c1-12(11-13-5-3-2-4-6-13)16(19)18-15-9-7-14(17)8-10-15/h2-10,12H,11H2,1H3,(H,18,19). The normalized spacial score (nSPS) is 11.9.